The molecule has 8 heteroatoms. The lowest BCUT2D eigenvalue weighted by atomic mass is 9.96. The number of phenolic OH excluding ortho intramolecular Hbond substituents is 1. The summed E-state index contributed by atoms with van der Waals surface area (Å²) in [4.78, 5) is 1.96. The largest absolute Gasteiger partial charge is 0.507 e. The number of aliphatic hydroxyl groups is 1. The highest BCUT2D eigenvalue weighted by atomic mass is 19.4. The van der Waals surface area contributed by atoms with Crippen LogP contribution in [-0.2, 0) is 12.6 Å². The van der Waals surface area contributed by atoms with E-state index in [0.29, 0.717) is 24.1 Å². The second-order valence-electron chi connectivity index (χ2n) is 6.60. The predicted octanol–water partition coefficient (Wildman–Crippen LogP) is 3.31. The molecule has 0 saturated heterocycles. The number of hydrogen-bond acceptors (Lipinski definition) is 5. The molecule has 2 N–H and O–H groups in total. The van der Waals surface area contributed by atoms with Gasteiger partial charge in [0.25, 0.3) is 0 Å². The van der Waals surface area contributed by atoms with Gasteiger partial charge >= 0.3 is 6.18 Å². The molecule has 1 aromatic heterocycles. The molecular weight excluding hydrogens is 347 g/mol. The van der Waals surface area contributed by atoms with Crippen LogP contribution in [0.4, 0.5) is 19.0 Å². The molecule has 1 aliphatic heterocycles. The van der Waals surface area contributed by atoms with Gasteiger partial charge in [-0.2, -0.15) is 13.2 Å². The van der Waals surface area contributed by atoms with Gasteiger partial charge in [0.05, 0.1) is 17.4 Å². The summed E-state index contributed by atoms with van der Waals surface area (Å²) in [5, 5.41) is 28.1. The first-order valence-electron chi connectivity index (χ1n) is 8.38. The number of aliphatic hydroxyl groups excluding tert-OH is 1. The average molecular weight is 367 g/mol. The Bertz CT molecular complexity index is 822. The van der Waals surface area contributed by atoms with E-state index in [9.17, 15) is 23.4 Å². The van der Waals surface area contributed by atoms with Crippen LogP contribution in [0, 0.1) is 6.92 Å². The van der Waals surface area contributed by atoms with Gasteiger partial charge in [0.1, 0.15) is 5.75 Å². The van der Waals surface area contributed by atoms with Gasteiger partial charge in [0.2, 0.25) is 0 Å². The second-order valence-corrected chi connectivity index (χ2v) is 6.60. The van der Waals surface area contributed by atoms with Gasteiger partial charge in [-0.1, -0.05) is 0 Å². The molecule has 0 fully saturated rings. The van der Waals surface area contributed by atoms with Crippen LogP contribution in [0.3, 0.4) is 0 Å². The van der Waals surface area contributed by atoms with Crippen molar-refractivity contribution >= 4 is 5.82 Å². The molecule has 0 aliphatic carbocycles. The van der Waals surface area contributed by atoms with E-state index in [0.717, 1.165) is 36.6 Å². The highest BCUT2D eigenvalue weighted by Crippen LogP contribution is 2.38. The van der Waals surface area contributed by atoms with Crippen molar-refractivity contribution in [1.29, 1.82) is 0 Å². The molecule has 0 spiro atoms. The lowest BCUT2D eigenvalue weighted by Crippen LogP contribution is -2.36. The fraction of sp³-hybridized carbons (Fsp3) is 0.444. The molecule has 2 aromatic rings. The number of hydrogen-bond donors (Lipinski definition) is 2. The number of phenols is 1. The van der Waals surface area contributed by atoms with E-state index >= 15 is 0 Å². The van der Waals surface area contributed by atoms with Gasteiger partial charge in [-0.05, 0) is 50.5 Å². The van der Waals surface area contributed by atoms with Gasteiger partial charge in [0.15, 0.2) is 5.82 Å². The maximum absolute atomic E-state index is 12.8. The monoisotopic (exact) mass is 367 g/mol. The molecule has 0 amide bonds. The third kappa shape index (κ3) is 3.46. The van der Waals surface area contributed by atoms with Crippen LogP contribution >= 0.6 is 0 Å². The summed E-state index contributed by atoms with van der Waals surface area (Å²) in [5.41, 5.74) is 1.40. The van der Waals surface area contributed by atoms with Crippen molar-refractivity contribution in [2.24, 2.45) is 0 Å². The van der Waals surface area contributed by atoms with Gasteiger partial charge < -0.3 is 15.1 Å². The Hall–Kier alpha value is -2.35. The summed E-state index contributed by atoms with van der Waals surface area (Å²) in [6.07, 6.45) is -3.39. The Kier molecular flexibility index (Phi) is 4.79. The van der Waals surface area contributed by atoms with E-state index in [-0.39, 0.29) is 5.56 Å². The van der Waals surface area contributed by atoms with Gasteiger partial charge in [-0.25, -0.2) is 0 Å². The van der Waals surface area contributed by atoms with Crippen LogP contribution in [0.1, 0.15) is 30.0 Å². The van der Waals surface area contributed by atoms with Crippen LogP contribution in [-0.4, -0.2) is 39.6 Å². The number of fused-ring (bicyclic) bond motifs is 1. The topological polar surface area (TPSA) is 69.5 Å². The molecule has 1 aromatic carbocycles. The molecule has 26 heavy (non-hydrogen) atoms. The SMILES string of the molecule is Cc1c(-c2ccc(C(F)(F)F)cc2O)nnc2c1CCCN2C[C@@H](C)O. The minimum Gasteiger partial charge on any atom is -0.507 e. The number of nitrogens with zero attached hydrogens (tertiary/aromatic N) is 3. The summed E-state index contributed by atoms with van der Waals surface area (Å²) in [6.45, 7) is 4.72. The van der Waals surface area contributed by atoms with Crippen LogP contribution in [0.25, 0.3) is 11.3 Å². The summed E-state index contributed by atoms with van der Waals surface area (Å²) >= 11 is 0. The maximum atomic E-state index is 12.8. The predicted molar refractivity (Wildman–Crippen MR) is 91.1 cm³/mol. The first kappa shape index (κ1) is 18.4. The van der Waals surface area contributed by atoms with Crippen molar-refractivity contribution < 1.29 is 23.4 Å². The van der Waals surface area contributed by atoms with E-state index in [1.807, 2.05) is 11.8 Å². The second kappa shape index (κ2) is 6.75. The minimum atomic E-state index is -4.52. The van der Waals surface area contributed by atoms with Crippen molar-refractivity contribution in [3.63, 3.8) is 0 Å². The van der Waals surface area contributed by atoms with E-state index in [1.165, 1.54) is 6.07 Å². The molecule has 1 aliphatic rings. The summed E-state index contributed by atoms with van der Waals surface area (Å²) in [7, 11) is 0. The van der Waals surface area contributed by atoms with Crippen molar-refractivity contribution in [1.82, 2.24) is 10.2 Å². The summed E-state index contributed by atoms with van der Waals surface area (Å²) in [6, 6.07) is 2.85. The van der Waals surface area contributed by atoms with Crippen molar-refractivity contribution in [2.45, 2.75) is 39.0 Å². The fourth-order valence-electron chi connectivity index (χ4n) is 3.31. The molecule has 0 unspecified atom stereocenters. The van der Waals surface area contributed by atoms with Crippen LogP contribution in [0.5, 0.6) is 5.75 Å². The number of anilines is 1. The molecule has 0 bridgehead atoms. The molecule has 5 nitrogen and oxygen atoms in total. The molecule has 1 atom stereocenters. The normalized spacial score (nSPS) is 15.7. The van der Waals surface area contributed by atoms with Gasteiger partial charge in [0, 0.05) is 24.2 Å². The highest BCUT2D eigenvalue weighted by Gasteiger charge is 2.32. The molecule has 2 heterocycles. The zero-order valence-electron chi connectivity index (χ0n) is 14.5. The number of β-amino-alcohol motifs (C(OH)–C–C–N with tert-alkyl or cyclic N) is 1. The van der Waals surface area contributed by atoms with Gasteiger partial charge in [-0.3, -0.25) is 0 Å². The van der Waals surface area contributed by atoms with Gasteiger partial charge in [-0.15, -0.1) is 10.2 Å². The average Bonchev–Trinajstić information content (AvgIpc) is 2.55. The summed E-state index contributed by atoms with van der Waals surface area (Å²) < 4.78 is 38.4. The number of rotatable bonds is 3. The molecule has 140 valence electrons. The Labute approximate surface area is 149 Å². The van der Waals surface area contributed by atoms with Crippen molar-refractivity contribution in [2.75, 3.05) is 18.0 Å². The minimum absolute atomic E-state index is 0.221. The summed E-state index contributed by atoms with van der Waals surface area (Å²) in [5.74, 6) is 0.207. The quantitative estimate of drug-likeness (QED) is 0.871. The van der Waals surface area contributed by atoms with E-state index in [2.05, 4.69) is 10.2 Å². The first-order valence-corrected chi connectivity index (χ1v) is 8.38. The Morgan fingerprint density at radius 1 is 1.27 bits per heavy atom. The van der Waals surface area contributed by atoms with E-state index in [1.54, 1.807) is 6.92 Å². The third-order valence-corrected chi connectivity index (χ3v) is 4.54. The lowest BCUT2D eigenvalue weighted by Gasteiger charge is -2.31. The Morgan fingerprint density at radius 2 is 2.00 bits per heavy atom. The smallest absolute Gasteiger partial charge is 0.416 e. The first-order chi connectivity index (χ1) is 12.2. The fourth-order valence-corrected chi connectivity index (χ4v) is 3.31. The van der Waals surface area contributed by atoms with Crippen LogP contribution < -0.4 is 4.90 Å². The standard InChI is InChI=1S/C18H20F3N3O2/c1-10(25)9-24-7-3-4-13-11(2)16(22-23-17(13)24)14-6-5-12(8-15(14)26)18(19,20)21/h5-6,8,10,25-26H,3-4,7,9H2,1-2H3/t10-/m1/s1. The maximum Gasteiger partial charge on any atom is 0.416 e. The lowest BCUT2D eigenvalue weighted by molar-refractivity contribution is -0.137. The Balaban J connectivity index is 2.03. The molecular formula is C18H20F3N3O2. The zero-order chi connectivity index (χ0) is 19.1. The molecule has 0 radical (unpaired) electrons. The van der Waals surface area contributed by atoms with Crippen molar-refractivity contribution in [3.8, 4) is 17.0 Å². The highest BCUT2D eigenvalue weighted by molar-refractivity contribution is 5.72. The van der Waals surface area contributed by atoms with Crippen LogP contribution in [0.15, 0.2) is 18.2 Å². The van der Waals surface area contributed by atoms with Crippen molar-refractivity contribution in [3.05, 3.63) is 34.9 Å². The Morgan fingerprint density at radius 3 is 2.62 bits per heavy atom. The number of benzene rings is 1. The number of aromatic nitrogens is 2. The molecule has 3 rings (SSSR count). The number of halogens is 3. The zero-order valence-corrected chi connectivity index (χ0v) is 14.5. The van der Waals surface area contributed by atoms with E-state index in [4.69, 9.17) is 0 Å². The number of alkyl halides is 3. The molecule has 0 saturated carbocycles. The van der Waals surface area contributed by atoms with Crippen LogP contribution in [0.2, 0.25) is 0 Å². The third-order valence-electron chi connectivity index (χ3n) is 4.54. The number of aromatic hydroxyl groups is 1. The van der Waals surface area contributed by atoms with E-state index < -0.39 is 23.6 Å².